The first-order valence-corrected chi connectivity index (χ1v) is 8.38. The van der Waals surface area contributed by atoms with Crippen molar-refractivity contribution in [2.24, 2.45) is 0 Å². The van der Waals surface area contributed by atoms with Crippen molar-refractivity contribution in [3.8, 4) is 0 Å². The van der Waals surface area contributed by atoms with Crippen LogP contribution >= 0.6 is 11.5 Å². The number of nitrogens with two attached hydrogens (primary N) is 1. The average Bonchev–Trinajstić information content (AvgIpc) is 3.21. The number of nitrogens with zero attached hydrogens (tertiary/aromatic N) is 7. The highest BCUT2D eigenvalue weighted by Crippen LogP contribution is 2.29. The molecule has 3 heterocycles. The molecule has 0 unspecified atom stereocenters. The summed E-state index contributed by atoms with van der Waals surface area (Å²) in [6, 6.07) is 8.21. The second kappa shape index (κ2) is 6.04. The van der Waals surface area contributed by atoms with Gasteiger partial charge in [0, 0.05) is 31.6 Å². The van der Waals surface area contributed by atoms with Crippen LogP contribution in [0.3, 0.4) is 0 Å². The van der Waals surface area contributed by atoms with Crippen LogP contribution in [0.4, 0.5) is 11.8 Å². The molecule has 1 aliphatic rings. The Bertz CT molecular complexity index is 866. The minimum Gasteiger partial charge on any atom is -0.367 e. The van der Waals surface area contributed by atoms with E-state index in [9.17, 15) is 4.79 Å². The van der Waals surface area contributed by atoms with Crippen LogP contribution < -0.4 is 10.6 Å². The van der Waals surface area contributed by atoms with Gasteiger partial charge in [-0.15, -0.1) is 0 Å². The van der Waals surface area contributed by atoms with Gasteiger partial charge in [-0.3, -0.25) is 4.79 Å². The molecule has 1 aromatic carbocycles. The van der Waals surface area contributed by atoms with Gasteiger partial charge in [-0.25, -0.2) is 4.68 Å². The number of hydrogen-bond donors (Lipinski definition) is 1. The van der Waals surface area contributed by atoms with Crippen LogP contribution in [-0.2, 0) is 11.3 Å². The first kappa shape index (κ1) is 14.8. The van der Waals surface area contributed by atoms with Gasteiger partial charge in [-0.2, -0.15) is 4.37 Å². The number of benzene rings is 1. The summed E-state index contributed by atoms with van der Waals surface area (Å²) in [5.74, 6) is 1.13. The molecular weight excluding hydrogens is 328 g/mol. The minimum atomic E-state index is -0.0308. The molecule has 10 heteroatoms. The zero-order chi connectivity index (χ0) is 16.5. The van der Waals surface area contributed by atoms with Gasteiger partial charge < -0.3 is 15.5 Å². The van der Waals surface area contributed by atoms with Crippen LogP contribution in [0.1, 0.15) is 0 Å². The predicted molar refractivity (Wildman–Crippen MR) is 90.6 cm³/mol. The third kappa shape index (κ3) is 2.64. The predicted octanol–water partition coefficient (Wildman–Crippen LogP) is 0.214. The minimum absolute atomic E-state index is 0.0308. The SMILES string of the molecule is Nc1nnnn1CC(=O)N1CCN(c2nsc3ccccc23)CC1. The molecule has 4 rings (SSSR count). The maximum atomic E-state index is 12.3. The highest BCUT2D eigenvalue weighted by Gasteiger charge is 2.24. The summed E-state index contributed by atoms with van der Waals surface area (Å²) in [4.78, 5) is 16.4. The van der Waals surface area contributed by atoms with Gasteiger partial charge in [0.2, 0.25) is 11.9 Å². The highest BCUT2D eigenvalue weighted by molar-refractivity contribution is 7.13. The molecule has 0 saturated carbocycles. The molecule has 24 heavy (non-hydrogen) atoms. The second-order valence-corrected chi connectivity index (χ2v) is 6.37. The molecule has 9 nitrogen and oxygen atoms in total. The Kier molecular flexibility index (Phi) is 3.73. The van der Waals surface area contributed by atoms with E-state index < -0.39 is 0 Å². The first-order chi connectivity index (χ1) is 11.7. The zero-order valence-corrected chi connectivity index (χ0v) is 13.7. The lowest BCUT2D eigenvalue weighted by molar-refractivity contribution is -0.132. The fourth-order valence-corrected chi connectivity index (χ4v) is 3.62. The van der Waals surface area contributed by atoms with Crippen LogP contribution in [-0.4, -0.2) is 61.6 Å². The van der Waals surface area contributed by atoms with Crippen LogP contribution in [0.15, 0.2) is 24.3 Å². The number of aromatic nitrogens is 5. The van der Waals surface area contributed by atoms with E-state index in [0.29, 0.717) is 13.1 Å². The summed E-state index contributed by atoms with van der Waals surface area (Å²) in [5, 5.41) is 11.9. The fraction of sp³-hybridized carbons (Fsp3) is 0.357. The number of piperazine rings is 1. The Morgan fingerprint density at radius 3 is 2.75 bits per heavy atom. The van der Waals surface area contributed by atoms with Gasteiger partial charge in [-0.1, -0.05) is 17.2 Å². The van der Waals surface area contributed by atoms with Crippen molar-refractivity contribution in [1.29, 1.82) is 0 Å². The monoisotopic (exact) mass is 344 g/mol. The number of carbonyl (C=O) groups excluding carboxylic acids is 1. The van der Waals surface area contributed by atoms with Crippen molar-refractivity contribution in [3.05, 3.63) is 24.3 Å². The molecule has 2 N–H and O–H groups in total. The number of carbonyl (C=O) groups is 1. The highest BCUT2D eigenvalue weighted by atomic mass is 32.1. The molecule has 2 aromatic heterocycles. The Morgan fingerprint density at radius 2 is 2.00 bits per heavy atom. The molecule has 0 spiro atoms. The summed E-state index contributed by atoms with van der Waals surface area (Å²) >= 11 is 1.51. The Hall–Kier alpha value is -2.75. The van der Waals surface area contributed by atoms with Crippen LogP contribution in [0.2, 0.25) is 0 Å². The number of anilines is 2. The third-order valence-electron chi connectivity index (χ3n) is 4.13. The van der Waals surface area contributed by atoms with Gasteiger partial charge in [0.15, 0.2) is 0 Å². The van der Waals surface area contributed by atoms with Gasteiger partial charge in [0.05, 0.1) is 4.70 Å². The second-order valence-electron chi connectivity index (χ2n) is 5.56. The molecule has 1 saturated heterocycles. The molecule has 0 atom stereocenters. The number of tetrazole rings is 1. The normalized spacial score (nSPS) is 15.2. The topological polar surface area (TPSA) is 106 Å². The van der Waals surface area contributed by atoms with Crippen molar-refractivity contribution in [1.82, 2.24) is 29.5 Å². The van der Waals surface area contributed by atoms with E-state index in [1.54, 1.807) is 0 Å². The largest absolute Gasteiger partial charge is 0.367 e. The standard InChI is InChI=1S/C14H16N8OS/c15-14-16-18-19-22(14)9-12(23)20-5-7-21(8-6-20)13-10-3-1-2-4-11(10)24-17-13/h1-4H,5-9H2,(H2,15,16,19). The van der Waals surface area contributed by atoms with E-state index in [-0.39, 0.29) is 18.4 Å². The van der Waals surface area contributed by atoms with Gasteiger partial charge >= 0.3 is 0 Å². The van der Waals surface area contributed by atoms with E-state index in [4.69, 9.17) is 5.73 Å². The lowest BCUT2D eigenvalue weighted by Gasteiger charge is -2.35. The summed E-state index contributed by atoms with van der Waals surface area (Å²) < 4.78 is 7.07. The van der Waals surface area contributed by atoms with Crippen LogP contribution in [0.5, 0.6) is 0 Å². The van der Waals surface area contributed by atoms with Crippen molar-refractivity contribution in [2.45, 2.75) is 6.54 Å². The van der Waals surface area contributed by atoms with E-state index in [1.807, 2.05) is 17.0 Å². The quantitative estimate of drug-likeness (QED) is 0.724. The maximum Gasteiger partial charge on any atom is 0.244 e. The van der Waals surface area contributed by atoms with Crippen LogP contribution in [0.25, 0.3) is 10.1 Å². The van der Waals surface area contributed by atoms with Gasteiger partial charge in [-0.05, 0) is 34.1 Å². The summed E-state index contributed by atoms with van der Waals surface area (Å²) in [6.07, 6.45) is 0. The Balaban J connectivity index is 1.41. The van der Waals surface area contributed by atoms with Crippen molar-refractivity contribution >= 4 is 39.3 Å². The fourth-order valence-electron chi connectivity index (χ4n) is 2.82. The van der Waals surface area contributed by atoms with E-state index in [2.05, 4.69) is 36.9 Å². The van der Waals surface area contributed by atoms with Crippen molar-refractivity contribution in [3.63, 3.8) is 0 Å². The molecule has 1 fully saturated rings. The molecule has 1 amide bonds. The Labute approximate surface area is 141 Å². The number of hydrogen-bond acceptors (Lipinski definition) is 8. The number of fused-ring (bicyclic) bond motifs is 1. The maximum absolute atomic E-state index is 12.3. The molecule has 1 aliphatic heterocycles. The summed E-state index contributed by atoms with van der Waals surface area (Å²) in [6.45, 7) is 2.87. The number of amides is 1. The average molecular weight is 344 g/mol. The van der Waals surface area contributed by atoms with E-state index >= 15 is 0 Å². The number of rotatable bonds is 3. The van der Waals surface area contributed by atoms with Crippen molar-refractivity contribution in [2.75, 3.05) is 36.8 Å². The van der Waals surface area contributed by atoms with E-state index in [1.165, 1.54) is 26.3 Å². The lowest BCUT2D eigenvalue weighted by atomic mass is 10.2. The van der Waals surface area contributed by atoms with E-state index in [0.717, 1.165) is 18.9 Å². The summed E-state index contributed by atoms with van der Waals surface area (Å²) in [7, 11) is 0. The first-order valence-electron chi connectivity index (χ1n) is 7.61. The summed E-state index contributed by atoms with van der Waals surface area (Å²) in [5.41, 5.74) is 5.60. The third-order valence-corrected chi connectivity index (χ3v) is 4.95. The molecule has 0 aliphatic carbocycles. The molecule has 0 bridgehead atoms. The molecular formula is C14H16N8OS. The molecule has 3 aromatic rings. The number of nitrogen functional groups attached to an aromatic ring is 1. The van der Waals surface area contributed by atoms with Crippen LogP contribution in [0, 0.1) is 0 Å². The molecule has 0 radical (unpaired) electrons. The smallest absolute Gasteiger partial charge is 0.244 e. The lowest BCUT2D eigenvalue weighted by Crippen LogP contribution is -2.49. The van der Waals surface area contributed by atoms with Crippen molar-refractivity contribution < 1.29 is 4.79 Å². The van der Waals surface area contributed by atoms with Gasteiger partial charge in [0.1, 0.15) is 12.4 Å². The Morgan fingerprint density at radius 1 is 1.21 bits per heavy atom. The van der Waals surface area contributed by atoms with Gasteiger partial charge in [0.25, 0.3) is 0 Å². The zero-order valence-electron chi connectivity index (χ0n) is 12.9. The molecule has 124 valence electrons.